The van der Waals surface area contributed by atoms with Crippen LogP contribution in [0.3, 0.4) is 0 Å². The molecule has 0 aliphatic carbocycles. The van der Waals surface area contributed by atoms with Crippen LogP contribution in [0.4, 0.5) is 0 Å². The van der Waals surface area contributed by atoms with Crippen molar-refractivity contribution in [3.8, 4) is 0 Å². The van der Waals surface area contributed by atoms with Crippen LogP contribution in [-0.4, -0.2) is 12.6 Å². The van der Waals surface area contributed by atoms with Gasteiger partial charge in [-0.25, -0.2) is 0 Å². The average molecular weight is 190 g/mol. The second-order valence-electron chi connectivity index (χ2n) is 3.62. The molecule has 0 fully saturated rings. The van der Waals surface area contributed by atoms with Crippen LogP contribution in [0.15, 0.2) is 24.3 Å². The molecule has 1 rings (SSSR count). The molecule has 0 radical (unpaired) electrons. The predicted octanol–water partition coefficient (Wildman–Crippen LogP) is 2.29. The molecule has 74 valence electrons. The minimum Gasteiger partial charge on any atom is -0.302 e. The third kappa shape index (κ3) is 2.28. The van der Waals surface area contributed by atoms with E-state index in [9.17, 15) is 9.59 Å². The lowest BCUT2D eigenvalue weighted by atomic mass is 9.97. The van der Waals surface area contributed by atoms with Crippen molar-refractivity contribution >= 4 is 12.6 Å². The van der Waals surface area contributed by atoms with Crippen molar-refractivity contribution in [2.75, 3.05) is 0 Å². The molecule has 0 spiro atoms. The fourth-order valence-electron chi connectivity index (χ4n) is 1.29. The Labute approximate surface area is 83.9 Å². The van der Waals surface area contributed by atoms with Gasteiger partial charge in [-0.1, -0.05) is 38.1 Å². The van der Waals surface area contributed by atoms with E-state index < -0.39 is 5.92 Å². The third-order valence-electron chi connectivity index (χ3n) is 2.28. The molecule has 0 heterocycles. The Morgan fingerprint density at radius 3 is 1.71 bits per heavy atom. The van der Waals surface area contributed by atoms with Gasteiger partial charge >= 0.3 is 0 Å². The molecule has 0 N–H and O–H groups in total. The average Bonchev–Trinajstić information content (AvgIpc) is 2.20. The SMILES string of the molecule is CC(C)c1ccc(C(C=O)C=O)cc1. The Bertz CT molecular complexity index is 304. The third-order valence-corrected chi connectivity index (χ3v) is 2.28. The Hall–Kier alpha value is -1.44. The van der Waals surface area contributed by atoms with E-state index in [0.29, 0.717) is 18.5 Å². The van der Waals surface area contributed by atoms with E-state index in [1.54, 1.807) is 0 Å². The fourth-order valence-corrected chi connectivity index (χ4v) is 1.29. The van der Waals surface area contributed by atoms with Gasteiger partial charge in [-0.05, 0) is 17.0 Å². The summed E-state index contributed by atoms with van der Waals surface area (Å²) in [4.78, 5) is 21.0. The molecule has 1 aromatic carbocycles. The second kappa shape index (κ2) is 4.70. The summed E-state index contributed by atoms with van der Waals surface area (Å²) in [5.74, 6) is -0.147. The zero-order valence-corrected chi connectivity index (χ0v) is 8.44. The molecule has 0 unspecified atom stereocenters. The Morgan fingerprint density at radius 1 is 0.929 bits per heavy atom. The number of carbonyl (C=O) groups excluding carboxylic acids is 2. The highest BCUT2D eigenvalue weighted by molar-refractivity contribution is 5.84. The molecule has 0 aromatic heterocycles. The van der Waals surface area contributed by atoms with Crippen molar-refractivity contribution in [3.05, 3.63) is 35.4 Å². The van der Waals surface area contributed by atoms with Crippen molar-refractivity contribution in [2.45, 2.75) is 25.7 Å². The number of hydrogen-bond acceptors (Lipinski definition) is 2. The van der Waals surface area contributed by atoms with Gasteiger partial charge in [0, 0.05) is 0 Å². The molecule has 0 saturated heterocycles. The Kier molecular flexibility index (Phi) is 3.57. The summed E-state index contributed by atoms with van der Waals surface area (Å²) in [6, 6.07) is 7.59. The van der Waals surface area contributed by atoms with Crippen LogP contribution < -0.4 is 0 Å². The minimum atomic E-state index is -0.615. The normalized spacial score (nSPS) is 10.6. The van der Waals surface area contributed by atoms with E-state index in [1.165, 1.54) is 5.56 Å². The number of carbonyl (C=O) groups is 2. The summed E-state index contributed by atoms with van der Waals surface area (Å²) in [6.07, 6.45) is 1.33. The van der Waals surface area contributed by atoms with Gasteiger partial charge in [-0.3, -0.25) is 0 Å². The van der Waals surface area contributed by atoms with Crippen molar-refractivity contribution in [1.29, 1.82) is 0 Å². The zero-order valence-electron chi connectivity index (χ0n) is 8.44. The maximum atomic E-state index is 10.5. The molecule has 0 amide bonds. The number of aldehydes is 2. The van der Waals surface area contributed by atoms with E-state index in [2.05, 4.69) is 13.8 Å². The van der Waals surface area contributed by atoms with Crippen LogP contribution in [0.5, 0.6) is 0 Å². The monoisotopic (exact) mass is 190 g/mol. The molecular formula is C12H14O2. The van der Waals surface area contributed by atoms with Crippen LogP contribution in [0.1, 0.15) is 36.8 Å². The van der Waals surface area contributed by atoms with E-state index in [-0.39, 0.29) is 0 Å². The minimum absolute atomic E-state index is 0.468. The summed E-state index contributed by atoms with van der Waals surface area (Å²) in [5, 5.41) is 0. The van der Waals surface area contributed by atoms with Gasteiger partial charge < -0.3 is 9.59 Å². The molecule has 2 nitrogen and oxygen atoms in total. The maximum absolute atomic E-state index is 10.5. The summed E-state index contributed by atoms with van der Waals surface area (Å²) in [5.41, 5.74) is 1.98. The lowest BCUT2D eigenvalue weighted by Crippen LogP contribution is -2.01. The maximum Gasteiger partial charge on any atom is 0.134 e. The highest BCUT2D eigenvalue weighted by Gasteiger charge is 2.08. The first-order chi connectivity index (χ1) is 6.69. The highest BCUT2D eigenvalue weighted by Crippen LogP contribution is 2.17. The molecule has 0 saturated carbocycles. The molecule has 0 aliphatic heterocycles. The number of benzene rings is 1. The van der Waals surface area contributed by atoms with Crippen LogP contribution in [0.2, 0.25) is 0 Å². The van der Waals surface area contributed by atoms with Crippen molar-refractivity contribution in [2.24, 2.45) is 0 Å². The molecule has 1 aromatic rings. The summed E-state index contributed by atoms with van der Waals surface area (Å²) in [7, 11) is 0. The van der Waals surface area contributed by atoms with Crippen molar-refractivity contribution < 1.29 is 9.59 Å². The molecule has 0 atom stereocenters. The van der Waals surface area contributed by atoms with Crippen LogP contribution in [0, 0.1) is 0 Å². The van der Waals surface area contributed by atoms with E-state index in [4.69, 9.17) is 0 Å². The fraction of sp³-hybridized carbons (Fsp3) is 0.333. The van der Waals surface area contributed by atoms with Crippen molar-refractivity contribution in [1.82, 2.24) is 0 Å². The van der Waals surface area contributed by atoms with Gasteiger partial charge in [0.1, 0.15) is 12.6 Å². The zero-order chi connectivity index (χ0) is 10.6. The van der Waals surface area contributed by atoms with Crippen LogP contribution in [-0.2, 0) is 9.59 Å². The largest absolute Gasteiger partial charge is 0.302 e. The Balaban J connectivity index is 2.92. The van der Waals surface area contributed by atoms with Crippen molar-refractivity contribution in [3.63, 3.8) is 0 Å². The van der Waals surface area contributed by atoms with Gasteiger partial charge in [0.2, 0.25) is 0 Å². The first kappa shape index (κ1) is 10.6. The molecule has 2 heteroatoms. The second-order valence-corrected chi connectivity index (χ2v) is 3.62. The van der Waals surface area contributed by atoms with Gasteiger partial charge in [0.25, 0.3) is 0 Å². The van der Waals surface area contributed by atoms with E-state index in [1.807, 2.05) is 24.3 Å². The van der Waals surface area contributed by atoms with Gasteiger partial charge in [-0.15, -0.1) is 0 Å². The summed E-state index contributed by atoms with van der Waals surface area (Å²) in [6.45, 7) is 4.21. The lowest BCUT2D eigenvalue weighted by Gasteiger charge is -2.07. The van der Waals surface area contributed by atoms with E-state index >= 15 is 0 Å². The summed E-state index contributed by atoms with van der Waals surface area (Å²) < 4.78 is 0. The number of rotatable bonds is 4. The molecule has 0 aliphatic rings. The topological polar surface area (TPSA) is 34.1 Å². The van der Waals surface area contributed by atoms with Gasteiger partial charge in [-0.2, -0.15) is 0 Å². The quantitative estimate of drug-likeness (QED) is 0.539. The Morgan fingerprint density at radius 2 is 1.36 bits per heavy atom. The van der Waals surface area contributed by atoms with Gasteiger partial charge in [0.15, 0.2) is 0 Å². The van der Waals surface area contributed by atoms with E-state index in [0.717, 1.165) is 5.56 Å². The predicted molar refractivity (Wildman–Crippen MR) is 55.4 cm³/mol. The first-order valence-corrected chi connectivity index (χ1v) is 4.69. The van der Waals surface area contributed by atoms with Crippen LogP contribution in [0.25, 0.3) is 0 Å². The summed E-state index contributed by atoms with van der Waals surface area (Å²) >= 11 is 0. The molecular weight excluding hydrogens is 176 g/mol. The lowest BCUT2D eigenvalue weighted by molar-refractivity contribution is -0.116. The molecule has 0 bridgehead atoms. The van der Waals surface area contributed by atoms with Crippen LogP contribution >= 0.6 is 0 Å². The highest BCUT2D eigenvalue weighted by atomic mass is 16.1. The smallest absolute Gasteiger partial charge is 0.134 e. The first-order valence-electron chi connectivity index (χ1n) is 4.69. The van der Waals surface area contributed by atoms with Gasteiger partial charge in [0.05, 0.1) is 5.92 Å². The molecule has 14 heavy (non-hydrogen) atoms. The number of hydrogen-bond donors (Lipinski definition) is 0. The standard InChI is InChI=1S/C12H14O2/c1-9(2)10-3-5-11(6-4-10)12(7-13)8-14/h3-9,12H,1-2H3.